The summed E-state index contributed by atoms with van der Waals surface area (Å²) in [6.07, 6.45) is 4.33. The first-order valence-corrected chi connectivity index (χ1v) is 4.98. The summed E-state index contributed by atoms with van der Waals surface area (Å²) >= 11 is 0. The molecule has 0 amide bonds. The molecule has 0 saturated heterocycles. The first-order valence-electron chi connectivity index (χ1n) is 4.98. The molecule has 0 aromatic carbocycles. The van der Waals surface area contributed by atoms with E-state index in [-0.39, 0.29) is 6.04 Å². The van der Waals surface area contributed by atoms with Gasteiger partial charge in [-0.3, -0.25) is 0 Å². The standard InChI is InChI=1S/C11H20N2/c1-9(2)6-7-10(12)11-5-4-8-13(11)3/h4-5,8-10H,6-7,12H2,1-3H3/t10-/m0/s1. The number of nitrogens with zero attached hydrogens (tertiary/aromatic N) is 1. The summed E-state index contributed by atoms with van der Waals surface area (Å²) in [5, 5.41) is 0. The van der Waals surface area contributed by atoms with Crippen molar-refractivity contribution in [3.05, 3.63) is 24.0 Å². The first kappa shape index (κ1) is 10.3. The van der Waals surface area contributed by atoms with Gasteiger partial charge >= 0.3 is 0 Å². The Hall–Kier alpha value is -0.760. The van der Waals surface area contributed by atoms with Crippen molar-refractivity contribution in [2.45, 2.75) is 32.7 Å². The second-order valence-electron chi connectivity index (χ2n) is 4.12. The number of hydrogen-bond donors (Lipinski definition) is 1. The van der Waals surface area contributed by atoms with Crippen LogP contribution in [-0.2, 0) is 7.05 Å². The molecule has 0 bridgehead atoms. The molecule has 0 unspecified atom stereocenters. The quantitative estimate of drug-likeness (QED) is 0.758. The molecule has 0 aliphatic rings. The summed E-state index contributed by atoms with van der Waals surface area (Å²) in [7, 11) is 2.05. The van der Waals surface area contributed by atoms with Crippen LogP contribution in [0.15, 0.2) is 18.3 Å². The van der Waals surface area contributed by atoms with Crippen molar-refractivity contribution >= 4 is 0 Å². The molecule has 74 valence electrons. The van der Waals surface area contributed by atoms with Crippen molar-refractivity contribution in [2.24, 2.45) is 18.7 Å². The summed E-state index contributed by atoms with van der Waals surface area (Å²) in [5.41, 5.74) is 7.30. The third-order valence-electron chi connectivity index (χ3n) is 2.42. The zero-order valence-corrected chi connectivity index (χ0v) is 8.83. The molecule has 1 aromatic rings. The molecular weight excluding hydrogens is 160 g/mol. The third-order valence-corrected chi connectivity index (χ3v) is 2.42. The van der Waals surface area contributed by atoms with E-state index in [0.717, 1.165) is 12.3 Å². The maximum atomic E-state index is 6.07. The van der Waals surface area contributed by atoms with Crippen molar-refractivity contribution < 1.29 is 0 Å². The Kier molecular flexibility index (Phi) is 3.55. The average molecular weight is 180 g/mol. The predicted molar refractivity (Wildman–Crippen MR) is 56.4 cm³/mol. The third kappa shape index (κ3) is 2.88. The lowest BCUT2D eigenvalue weighted by Crippen LogP contribution is -2.14. The smallest absolute Gasteiger partial charge is 0.0449 e. The van der Waals surface area contributed by atoms with E-state index in [1.165, 1.54) is 12.1 Å². The molecule has 0 spiro atoms. The molecule has 2 N–H and O–H groups in total. The largest absolute Gasteiger partial charge is 0.353 e. The zero-order valence-electron chi connectivity index (χ0n) is 8.83. The van der Waals surface area contributed by atoms with Crippen molar-refractivity contribution in [2.75, 3.05) is 0 Å². The second kappa shape index (κ2) is 4.47. The van der Waals surface area contributed by atoms with Crippen LogP contribution in [0.1, 0.15) is 38.4 Å². The van der Waals surface area contributed by atoms with E-state index < -0.39 is 0 Å². The highest BCUT2D eigenvalue weighted by atomic mass is 14.9. The lowest BCUT2D eigenvalue weighted by molar-refractivity contribution is 0.494. The van der Waals surface area contributed by atoms with Crippen molar-refractivity contribution in [1.82, 2.24) is 4.57 Å². The highest BCUT2D eigenvalue weighted by Gasteiger charge is 2.08. The highest BCUT2D eigenvalue weighted by molar-refractivity contribution is 5.10. The minimum atomic E-state index is 0.197. The van der Waals surface area contributed by atoms with Gasteiger partial charge in [0.05, 0.1) is 0 Å². The first-order chi connectivity index (χ1) is 6.11. The molecular formula is C11H20N2. The van der Waals surface area contributed by atoms with Crippen LogP contribution in [0.4, 0.5) is 0 Å². The summed E-state index contributed by atoms with van der Waals surface area (Å²) in [4.78, 5) is 0. The van der Waals surface area contributed by atoms with Gasteiger partial charge in [0.2, 0.25) is 0 Å². The van der Waals surface area contributed by atoms with E-state index in [4.69, 9.17) is 5.73 Å². The van der Waals surface area contributed by atoms with Crippen LogP contribution >= 0.6 is 0 Å². The fourth-order valence-electron chi connectivity index (χ4n) is 1.52. The van der Waals surface area contributed by atoms with Crippen molar-refractivity contribution in [1.29, 1.82) is 0 Å². The molecule has 1 aromatic heterocycles. The van der Waals surface area contributed by atoms with Gasteiger partial charge in [-0.15, -0.1) is 0 Å². The topological polar surface area (TPSA) is 30.9 Å². The SMILES string of the molecule is CC(C)CC[C@H](N)c1cccn1C. The van der Waals surface area contributed by atoms with Crippen LogP contribution in [0.3, 0.4) is 0 Å². The number of aryl methyl sites for hydroxylation is 1. The Bertz CT molecular complexity index is 250. The molecule has 0 saturated carbocycles. The van der Waals surface area contributed by atoms with Gasteiger partial charge in [-0.05, 0) is 30.9 Å². The van der Waals surface area contributed by atoms with Gasteiger partial charge < -0.3 is 10.3 Å². The maximum absolute atomic E-state index is 6.07. The molecule has 0 aliphatic carbocycles. The average Bonchev–Trinajstić information content (AvgIpc) is 2.47. The van der Waals surface area contributed by atoms with E-state index in [9.17, 15) is 0 Å². The molecule has 2 nitrogen and oxygen atoms in total. The van der Waals surface area contributed by atoms with Crippen molar-refractivity contribution in [3.63, 3.8) is 0 Å². The molecule has 13 heavy (non-hydrogen) atoms. The summed E-state index contributed by atoms with van der Waals surface area (Å²) in [5.74, 6) is 0.742. The van der Waals surface area contributed by atoms with E-state index in [1.54, 1.807) is 0 Å². The summed E-state index contributed by atoms with van der Waals surface area (Å²) in [6, 6.07) is 4.35. The molecule has 1 atom stereocenters. The van der Waals surface area contributed by atoms with Gasteiger partial charge in [0, 0.05) is 25.0 Å². The van der Waals surface area contributed by atoms with Crippen molar-refractivity contribution in [3.8, 4) is 0 Å². The van der Waals surface area contributed by atoms with Gasteiger partial charge in [-0.2, -0.15) is 0 Å². The normalized spacial score (nSPS) is 13.6. The minimum absolute atomic E-state index is 0.197. The van der Waals surface area contributed by atoms with Crippen LogP contribution < -0.4 is 5.73 Å². The summed E-state index contributed by atoms with van der Waals surface area (Å²) < 4.78 is 2.10. The molecule has 0 fully saturated rings. The highest BCUT2D eigenvalue weighted by Crippen LogP contribution is 2.18. The zero-order chi connectivity index (χ0) is 9.84. The molecule has 1 rings (SSSR count). The lowest BCUT2D eigenvalue weighted by atomic mass is 10.0. The lowest BCUT2D eigenvalue weighted by Gasteiger charge is -2.14. The van der Waals surface area contributed by atoms with E-state index in [0.29, 0.717) is 0 Å². The summed E-state index contributed by atoms with van der Waals surface area (Å²) in [6.45, 7) is 4.47. The van der Waals surface area contributed by atoms with Gasteiger partial charge in [0.1, 0.15) is 0 Å². The Morgan fingerprint density at radius 1 is 1.38 bits per heavy atom. The Morgan fingerprint density at radius 2 is 2.08 bits per heavy atom. The second-order valence-corrected chi connectivity index (χ2v) is 4.12. The Labute approximate surface area is 80.7 Å². The number of aromatic nitrogens is 1. The van der Waals surface area contributed by atoms with Crippen LogP contribution in [-0.4, -0.2) is 4.57 Å². The predicted octanol–water partition coefficient (Wildman–Crippen LogP) is 2.46. The molecule has 1 heterocycles. The van der Waals surface area contributed by atoms with Gasteiger partial charge in [-0.1, -0.05) is 13.8 Å². The fraction of sp³-hybridized carbons (Fsp3) is 0.636. The van der Waals surface area contributed by atoms with Gasteiger partial charge in [0.15, 0.2) is 0 Å². The van der Waals surface area contributed by atoms with Crippen LogP contribution in [0.5, 0.6) is 0 Å². The van der Waals surface area contributed by atoms with E-state index in [2.05, 4.69) is 24.5 Å². The molecule has 0 aliphatic heterocycles. The van der Waals surface area contributed by atoms with Gasteiger partial charge in [0.25, 0.3) is 0 Å². The van der Waals surface area contributed by atoms with Gasteiger partial charge in [-0.25, -0.2) is 0 Å². The number of rotatable bonds is 4. The Balaban J connectivity index is 2.49. The van der Waals surface area contributed by atoms with E-state index >= 15 is 0 Å². The number of hydrogen-bond acceptors (Lipinski definition) is 1. The fourth-order valence-corrected chi connectivity index (χ4v) is 1.52. The number of nitrogens with two attached hydrogens (primary N) is 1. The van der Waals surface area contributed by atoms with Crippen LogP contribution in [0, 0.1) is 5.92 Å². The van der Waals surface area contributed by atoms with Crippen LogP contribution in [0.2, 0.25) is 0 Å². The van der Waals surface area contributed by atoms with E-state index in [1.807, 2.05) is 19.3 Å². The minimum Gasteiger partial charge on any atom is -0.353 e. The molecule has 0 radical (unpaired) electrons. The molecule has 2 heteroatoms. The maximum Gasteiger partial charge on any atom is 0.0449 e. The monoisotopic (exact) mass is 180 g/mol. The van der Waals surface area contributed by atoms with Crippen LogP contribution in [0.25, 0.3) is 0 Å². The Morgan fingerprint density at radius 3 is 2.54 bits per heavy atom.